The molecule has 0 amide bonds. The Balaban J connectivity index is 0.00000153. The van der Waals surface area contributed by atoms with E-state index in [0.29, 0.717) is 16.1 Å². The molecule has 0 unspecified atom stereocenters. The van der Waals surface area contributed by atoms with Gasteiger partial charge in [0, 0.05) is 0 Å². The van der Waals surface area contributed by atoms with Crippen molar-refractivity contribution < 1.29 is 42.2 Å². The van der Waals surface area contributed by atoms with Crippen LogP contribution in [0.5, 0.6) is 0 Å². The second kappa shape index (κ2) is 11.2. The van der Waals surface area contributed by atoms with E-state index in [2.05, 4.69) is 82.3 Å². The molecule has 2 aromatic carbocycles. The Kier molecular flexibility index (Phi) is 9.07. The zero-order valence-corrected chi connectivity index (χ0v) is 23.5. The van der Waals surface area contributed by atoms with Crippen molar-refractivity contribution in [1.82, 2.24) is 0 Å². The summed E-state index contributed by atoms with van der Waals surface area (Å²) in [5.74, 6) is 1.16. The predicted molar refractivity (Wildman–Crippen MR) is 132 cm³/mol. The Labute approximate surface area is 219 Å². The van der Waals surface area contributed by atoms with Gasteiger partial charge in [-0.25, -0.2) is 0 Å². The Morgan fingerprint density at radius 1 is 0.758 bits per heavy atom. The molecule has 5 rings (SSSR count). The minimum absolute atomic E-state index is 0. The van der Waals surface area contributed by atoms with E-state index in [0.717, 1.165) is 0 Å². The summed E-state index contributed by atoms with van der Waals surface area (Å²) in [5, 5.41) is 0. The number of hydrogen-bond acceptors (Lipinski definition) is 0. The average Bonchev–Trinajstić information content (AvgIpc) is 3.41. The second-order valence-corrected chi connectivity index (χ2v) is 14.6. The maximum Gasteiger partial charge on any atom is -1.00 e. The first-order valence-corrected chi connectivity index (χ1v) is 14.9. The SMILES string of the molecule is CC(C)c1ccc2c(c1)[CH]([Ti+2]([C]1=CC=CC1)=[C]1CCCCC1)c1cc(C(C)C)ccc1-2.[Cl-].[Cl-]. The van der Waals surface area contributed by atoms with Gasteiger partial charge in [-0.05, 0) is 0 Å². The summed E-state index contributed by atoms with van der Waals surface area (Å²) in [4.78, 5) is 0. The largest absolute Gasteiger partial charge is 1.00 e. The van der Waals surface area contributed by atoms with E-state index in [-0.39, 0.29) is 24.8 Å². The van der Waals surface area contributed by atoms with Crippen LogP contribution in [0.4, 0.5) is 0 Å². The molecule has 0 nitrogen and oxygen atoms in total. The van der Waals surface area contributed by atoms with E-state index in [4.69, 9.17) is 0 Å². The molecule has 1 fully saturated rings. The van der Waals surface area contributed by atoms with Gasteiger partial charge in [-0.3, -0.25) is 0 Å². The first-order valence-electron chi connectivity index (χ1n) is 12.4. The van der Waals surface area contributed by atoms with Gasteiger partial charge in [0.25, 0.3) is 0 Å². The van der Waals surface area contributed by atoms with Crippen LogP contribution in [-0.2, 0) is 17.4 Å². The topological polar surface area (TPSA) is 0 Å². The number of allylic oxidation sites excluding steroid dienone is 4. The Bertz CT molecular complexity index is 1040. The van der Waals surface area contributed by atoms with Crippen molar-refractivity contribution in [3.8, 4) is 11.1 Å². The van der Waals surface area contributed by atoms with E-state index < -0.39 is 17.4 Å². The van der Waals surface area contributed by atoms with Crippen molar-refractivity contribution in [2.24, 2.45) is 0 Å². The predicted octanol–water partition coefficient (Wildman–Crippen LogP) is 2.61. The standard InChI is InChI=1S/C19H21.C6H10.C5H5.2ClH.Ti/c1-12(2)14-5-7-18-16(9-14)11-17-10-15(13(3)4)6-8-19(17)18;1-2-4-6-5-3-1;1-2-4-5-3-1;;;/h5-13H,1-4H3;1-5H2;1-3H,4H2;2*1H;/q;;;;;+2/p-2. The van der Waals surface area contributed by atoms with Crippen LogP contribution in [0, 0.1) is 0 Å². The fourth-order valence-electron chi connectivity index (χ4n) is 5.84. The summed E-state index contributed by atoms with van der Waals surface area (Å²) in [5.41, 5.74) is 9.36. The fourth-order valence-corrected chi connectivity index (χ4v) is 11.8. The van der Waals surface area contributed by atoms with Crippen LogP contribution in [-0.4, -0.2) is 3.81 Å². The maximum absolute atomic E-state index is 2.60. The quantitative estimate of drug-likeness (QED) is 0.550. The number of benzene rings is 2. The first kappa shape index (κ1) is 26.7. The molecular formula is C30H36Cl2Ti. The summed E-state index contributed by atoms with van der Waals surface area (Å²) in [6.45, 7) is 9.36. The van der Waals surface area contributed by atoms with Gasteiger partial charge in [-0.15, -0.1) is 0 Å². The molecule has 0 saturated heterocycles. The number of halogens is 2. The molecule has 0 N–H and O–H groups in total. The van der Waals surface area contributed by atoms with Gasteiger partial charge in [-0.1, -0.05) is 0 Å². The average molecular weight is 515 g/mol. The van der Waals surface area contributed by atoms with Crippen LogP contribution >= 0.6 is 0 Å². The van der Waals surface area contributed by atoms with Crippen molar-refractivity contribution in [3.05, 3.63) is 80.8 Å². The molecule has 3 aliphatic carbocycles. The minimum atomic E-state index is -1.65. The van der Waals surface area contributed by atoms with Crippen molar-refractivity contribution in [2.75, 3.05) is 0 Å². The van der Waals surface area contributed by atoms with Crippen LogP contribution in [0.25, 0.3) is 11.1 Å². The zero-order chi connectivity index (χ0) is 21.5. The molecule has 0 atom stereocenters. The molecular weight excluding hydrogens is 479 g/mol. The van der Waals surface area contributed by atoms with Gasteiger partial charge in [0.1, 0.15) is 0 Å². The molecule has 174 valence electrons. The molecule has 3 heteroatoms. The van der Waals surface area contributed by atoms with Crippen molar-refractivity contribution >= 4 is 3.81 Å². The third kappa shape index (κ3) is 5.06. The molecule has 0 aromatic heterocycles. The third-order valence-corrected chi connectivity index (χ3v) is 13.1. The second-order valence-electron chi connectivity index (χ2n) is 10.3. The molecule has 2 aromatic rings. The van der Waals surface area contributed by atoms with Crippen molar-refractivity contribution in [2.45, 2.75) is 82.3 Å². The number of fused-ring (bicyclic) bond motifs is 3. The van der Waals surface area contributed by atoms with Crippen LogP contribution in [0.2, 0.25) is 0 Å². The Morgan fingerprint density at radius 3 is 1.76 bits per heavy atom. The normalized spacial score (nSPS) is 16.6. The van der Waals surface area contributed by atoms with E-state index in [1.165, 1.54) is 60.8 Å². The molecule has 1 saturated carbocycles. The zero-order valence-electron chi connectivity index (χ0n) is 20.4. The van der Waals surface area contributed by atoms with Crippen LogP contribution in [0.15, 0.2) is 58.5 Å². The Hall–Kier alpha value is -0.916. The summed E-state index contributed by atoms with van der Waals surface area (Å²) < 4.78 is 4.43. The summed E-state index contributed by atoms with van der Waals surface area (Å²) in [6, 6.07) is 14.9. The number of hydrogen-bond donors (Lipinski definition) is 0. The minimum Gasteiger partial charge on any atom is -1.00 e. The molecule has 0 aliphatic heterocycles. The van der Waals surface area contributed by atoms with Crippen molar-refractivity contribution in [3.63, 3.8) is 0 Å². The molecule has 0 bridgehead atoms. The van der Waals surface area contributed by atoms with Crippen LogP contribution < -0.4 is 24.8 Å². The smallest absolute Gasteiger partial charge is 1.00 e. The maximum atomic E-state index is 2.60. The van der Waals surface area contributed by atoms with E-state index >= 15 is 0 Å². The molecule has 33 heavy (non-hydrogen) atoms. The van der Waals surface area contributed by atoms with Gasteiger partial charge in [-0.2, -0.15) is 0 Å². The summed E-state index contributed by atoms with van der Waals surface area (Å²) >= 11 is -1.65. The van der Waals surface area contributed by atoms with Crippen LogP contribution in [0.1, 0.15) is 105 Å². The van der Waals surface area contributed by atoms with E-state index in [1.54, 1.807) is 11.1 Å². The molecule has 0 heterocycles. The molecule has 0 spiro atoms. The monoisotopic (exact) mass is 514 g/mol. The molecule has 0 radical (unpaired) electrons. The van der Waals surface area contributed by atoms with Gasteiger partial charge in [0.2, 0.25) is 0 Å². The van der Waals surface area contributed by atoms with Gasteiger partial charge < -0.3 is 24.8 Å². The van der Waals surface area contributed by atoms with Gasteiger partial charge in [0.05, 0.1) is 0 Å². The summed E-state index contributed by atoms with van der Waals surface area (Å²) in [6.07, 6.45) is 15.5. The summed E-state index contributed by atoms with van der Waals surface area (Å²) in [7, 11) is 0. The van der Waals surface area contributed by atoms with Crippen LogP contribution in [0.3, 0.4) is 0 Å². The van der Waals surface area contributed by atoms with E-state index in [1.807, 2.05) is 7.69 Å². The van der Waals surface area contributed by atoms with Crippen molar-refractivity contribution in [1.29, 1.82) is 0 Å². The van der Waals surface area contributed by atoms with E-state index in [9.17, 15) is 0 Å². The fraction of sp³-hybridized carbons (Fsp3) is 0.433. The number of rotatable bonds is 4. The molecule has 3 aliphatic rings. The van der Waals surface area contributed by atoms with Gasteiger partial charge in [0.15, 0.2) is 0 Å². The Morgan fingerprint density at radius 2 is 1.30 bits per heavy atom. The third-order valence-electron chi connectivity index (χ3n) is 7.64. The van der Waals surface area contributed by atoms with Gasteiger partial charge >= 0.3 is 195 Å². The first-order chi connectivity index (χ1) is 15.0.